The molecule has 1 rings (SSSR count). The Labute approximate surface area is 113 Å². The molecule has 0 aromatic rings. The van der Waals surface area contributed by atoms with Crippen LogP contribution in [0, 0.1) is 10.8 Å². The summed E-state index contributed by atoms with van der Waals surface area (Å²) in [6.07, 6.45) is 4.02. The molecule has 1 unspecified atom stereocenters. The lowest BCUT2D eigenvalue weighted by atomic mass is 9.63. The van der Waals surface area contributed by atoms with Gasteiger partial charge in [0.2, 0.25) is 0 Å². The molecule has 1 N–H and O–H groups in total. The maximum Gasteiger partial charge on any atom is 0.0132 e. The molecule has 1 nitrogen and oxygen atoms in total. The van der Waals surface area contributed by atoms with Crippen LogP contribution < -0.4 is 5.32 Å². The van der Waals surface area contributed by atoms with Crippen molar-refractivity contribution in [2.45, 2.75) is 72.9 Å². The van der Waals surface area contributed by atoms with E-state index < -0.39 is 0 Å². The van der Waals surface area contributed by atoms with E-state index in [4.69, 9.17) is 0 Å². The highest BCUT2D eigenvalue weighted by Crippen LogP contribution is 2.45. The number of thioether (sulfide) groups is 1. The predicted molar refractivity (Wildman–Crippen MR) is 80.8 cm³/mol. The van der Waals surface area contributed by atoms with Gasteiger partial charge in [-0.3, -0.25) is 0 Å². The van der Waals surface area contributed by atoms with E-state index in [0.717, 1.165) is 0 Å². The van der Waals surface area contributed by atoms with E-state index in [1.807, 2.05) is 11.8 Å². The van der Waals surface area contributed by atoms with Crippen molar-refractivity contribution in [1.82, 2.24) is 5.32 Å². The number of hydrogen-bond donors (Lipinski definition) is 1. The SMILES string of the molecule is CCSCC(C)NC1CC(C)(C)CC(C)(C)C1. The van der Waals surface area contributed by atoms with Gasteiger partial charge in [-0.25, -0.2) is 0 Å². The van der Waals surface area contributed by atoms with Crippen molar-refractivity contribution in [3.05, 3.63) is 0 Å². The zero-order valence-electron chi connectivity index (χ0n) is 12.6. The van der Waals surface area contributed by atoms with Gasteiger partial charge < -0.3 is 5.32 Å². The summed E-state index contributed by atoms with van der Waals surface area (Å²) in [4.78, 5) is 0. The summed E-state index contributed by atoms with van der Waals surface area (Å²) in [6, 6.07) is 1.36. The second-order valence-electron chi connectivity index (χ2n) is 7.34. The molecule has 2 heteroatoms. The quantitative estimate of drug-likeness (QED) is 0.787. The molecule has 1 aliphatic rings. The van der Waals surface area contributed by atoms with Crippen LogP contribution in [0.15, 0.2) is 0 Å². The van der Waals surface area contributed by atoms with Crippen LogP contribution in [0.3, 0.4) is 0 Å². The summed E-state index contributed by atoms with van der Waals surface area (Å²) in [5.41, 5.74) is 0.994. The van der Waals surface area contributed by atoms with Crippen molar-refractivity contribution < 1.29 is 0 Å². The van der Waals surface area contributed by atoms with Crippen LogP contribution in [-0.2, 0) is 0 Å². The molecule has 102 valence electrons. The largest absolute Gasteiger partial charge is 0.311 e. The minimum atomic E-state index is 0.497. The molecule has 0 aromatic heterocycles. The summed E-state index contributed by atoms with van der Waals surface area (Å²) in [5.74, 6) is 2.47. The monoisotopic (exact) mass is 257 g/mol. The van der Waals surface area contributed by atoms with Gasteiger partial charge in [-0.1, -0.05) is 34.6 Å². The van der Waals surface area contributed by atoms with Crippen LogP contribution in [0.25, 0.3) is 0 Å². The summed E-state index contributed by atoms with van der Waals surface area (Å²) < 4.78 is 0. The first-order valence-corrected chi connectivity index (χ1v) is 8.23. The summed E-state index contributed by atoms with van der Waals surface area (Å²) >= 11 is 2.04. The molecule has 0 radical (unpaired) electrons. The van der Waals surface area contributed by atoms with Crippen molar-refractivity contribution in [2.24, 2.45) is 10.8 Å². The normalized spacial score (nSPS) is 25.8. The maximum atomic E-state index is 3.84. The third-order valence-corrected chi connectivity index (χ3v) is 4.79. The molecule has 1 aliphatic carbocycles. The molecule has 0 aliphatic heterocycles. The van der Waals surface area contributed by atoms with Crippen LogP contribution in [0.5, 0.6) is 0 Å². The Morgan fingerprint density at radius 2 is 1.71 bits per heavy atom. The fourth-order valence-corrected chi connectivity index (χ4v) is 4.39. The highest BCUT2D eigenvalue weighted by Gasteiger charge is 2.38. The van der Waals surface area contributed by atoms with Gasteiger partial charge in [0.15, 0.2) is 0 Å². The van der Waals surface area contributed by atoms with Gasteiger partial charge >= 0.3 is 0 Å². The molecule has 0 saturated heterocycles. The molecule has 0 spiro atoms. The van der Waals surface area contributed by atoms with Gasteiger partial charge in [0.05, 0.1) is 0 Å². The van der Waals surface area contributed by atoms with E-state index in [1.54, 1.807) is 0 Å². The molecule has 1 saturated carbocycles. The lowest BCUT2D eigenvalue weighted by Crippen LogP contribution is -2.47. The Balaban J connectivity index is 2.47. The Hall–Kier alpha value is 0.310. The van der Waals surface area contributed by atoms with Gasteiger partial charge in [-0.05, 0) is 42.8 Å². The fourth-order valence-electron chi connectivity index (χ4n) is 3.71. The van der Waals surface area contributed by atoms with Crippen LogP contribution in [-0.4, -0.2) is 23.6 Å². The Morgan fingerprint density at radius 1 is 1.18 bits per heavy atom. The molecule has 0 heterocycles. The molecule has 1 atom stereocenters. The predicted octanol–water partition coefficient (Wildman–Crippen LogP) is 4.32. The van der Waals surface area contributed by atoms with E-state index in [0.29, 0.717) is 22.9 Å². The van der Waals surface area contributed by atoms with Crippen molar-refractivity contribution in [3.8, 4) is 0 Å². The average molecular weight is 257 g/mol. The van der Waals surface area contributed by atoms with E-state index in [2.05, 4.69) is 46.9 Å². The third kappa shape index (κ3) is 5.65. The second-order valence-corrected chi connectivity index (χ2v) is 8.66. The maximum absolute atomic E-state index is 3.84. The Bertz CT molecular complexity index is 219. The Kier molecular flexibility index (Phi) is 5.39. The van der Waals surface area contributed by atoms with Crippen molar-refractivity contribution in [3.63, 3.8) is 0 Å². The second kappa shape index (κ2) is 5.97. The first-order chi connectivity index (χ1) is 7.74. The van der Waals surface area contributed by atoms with Crippen molar-refractivity contribution >= 4 is 11.8 Å². The van der Waals surface area contributed by atoms with Gasteiger partial charge in [0.25, 0.3) is 0 Å². The average Bonchev–Trinajstić information content (AvgIpc) is 2.09. The Morgan fingerprint density at radius 3 is 2.18 bits per heavy atom. The molecule has 0 bridgehead atoms. The zero-order valence-corrected chi connectivity index (χ0v) is 13.4. The molecule has 17 heavy (non-hydrogen) atoms. The molecular formula is C15H31NS. The summed E-state index contributed by atoms with van der Waals surface area (Å²) in [5, 5.41) is 3.84. The third-order valence-electron chi connectivity index (χ3n) is 3.65. The van der Waals surface area contributed by atoms with E-state index in [1.165, 1.54) is 30.8 Å². The van der Waals surface area contributed by atoms with Crippen LogP contribution >= 0.6 is 11.8 Å². The summed E-state index contributed by atoms with van der Waals surface area (Å²) in [7, 11) is 0. The van der Waals surface area contributed by atoms with Crippen molar-refractivity contribution in [2.75, 3.05) is 11.5 Å². The van der Waals surface area contributed by atoms with Crippen LogP contribution in [0.1, 0.15) is 60.8 Å². The van der Waals surface area contributed by atoms with Crippen LogP contribution in [0.4, 0.5) is 0 Å². The standard InChI is InChI=1S/C15H31NS/c1-7-17-10-12(2)16-13-8-14(3,4)11-15(5,6)9-13/h12-13,16H,7-11H2,1-6H3. The fraction of sp³-hybridized carbons (Fsp3) is 1.00. The zero-order chi connectivity index (χ0) is 13.1. The lowest BCUT2D eigenvalue weighted by molar-refractivity contribution is 0.0822. The first kappa shape index (κ1) is 15.4. The minimum Gasteiger partial charge on any atom is -0.311 e. The van der Waals surface area contributed by atoms with Crippen LogP contribution in [0.2, 0.25) is 0 Å². The molecule has 0 amide bonds. The molecule has 0 aromatic carbocycles. The minimum absolute atomic E-state index is 0.497. The lowest BCUT2D eigenvalue weighted by Gasteiger charge is -2.46. The number of rotatable bonds is 5. The molecule has 1 fully saturated rings. The van der Waals surface area contributed by atoms with Gasteiger partial charge in [-0.15, -0.1) is 0 Å². The van der Waals surface area contributed by atoms with Crippen molar-refractivity contribution in [1.29, 1.82) is 0 Å². The number of hydrogen-bond acceptors (Lipinski definition) is 2. The highest BCUT2D eigenvalue weighted by molar-refractivity contribution is 7.99. The van der Waals surface area contributed by atoms with E-state index in [-0.39, 0.29) is 0 Å². The van der Waals surface area contributed by atoms with Gasteiger partial charge in [0.1, 0.15) is 0 Å². The van der Waals surface area contributed by atoms with E-state index >= 15 is 0 Å². The smallest absolute Gasteiger partial charge is 0.0132 e. The van der Waals surface area contributed by atoms with Gasteiger partial charge in [-0.2, -0.15) is 11.8 Å². The topological polar surface area (TPSA) is 12.0 Å². The summed E-state index contributed by atoms with van der Waals surface area (Å²) in [6.45, 7) is 14.3. The number of nitrogens with one attached hydrogen (secondary N) is 1. The highest BCUT2D eigenvalue weighted by atomic mass is 32.2. The van der Waals surface area contributed by atoms with Gasteiger partial charge in [0, 0.05) is 17.8 Å². The van der Waals surface area contributed by atoms with E-state index in [9.17, 15) is 0 Å². The molecular weight excluding hydrogens is 226 g/mol. The first-order valence-electron chi connectivity index (χ1n) is 7.08.